The van der Waals surface area contributed by atoms with Crippen molar-refractivity contribution in [3.8, 4) is 0 Å². The average Bonchev–Trinajstić information content (AvgIpc) is 3.00. The Morgan fingerprint density at radius 2 is 0.477 bits per heavy atom. The minimum absolute atomic E-state index is 0.181. The Balaban J connectivity index is 0. The Kier molecular flexibility index (Phi) is 43.8. The first-order valence-electron chi connectivity index (χ1n) is 19.4. The highest BCUT2D eigenvalue weighted by Gasteiger charge is 1.97. The molecule has 0 saturated carbocycles. The first-order valence-corrected chi connectivity index (χ1v) is 20.2. The number of hydrogen-bond acceptors (Lipinski definition) is 4. The molecule has 6 heteroatoms. The molecular weight excluding hydrogens is 581 g/mol. The third-order valence-electron chi connectivity index (χ3n) is 8.48. The topological polar surface area (TPSA) is 70.5 Å². The molecule has 0 amide bonds. The van der Waals surface area contributed by atoms with Crippen molar-refractivity contribution in [3.05, 3.63) is 0 Å². The van der Waals surface area contributed by atoms with E-state index >= 15 is 0 Å². The van der Waals surface area contributed by atoms with E-state index in [0.717, 1.165) is 12.8 Å². The van der Waals surface area contributed by atoms with E-state index in [1.54, 1.807) is 0 Å². The SMILES string of the molecule is CCCCCCCCCCCCCCCCCCOC(N)=S.CCCCCCCCCCCCCCCCCCOC(N)=S. The van der Waals surface area contributed by atoms with Gasteiger partial charge in [0.1, 0.15) is 0 Å². The average molecular weight is 659 g/mol. The summed E-state index contributed by atoms with van der Waals surface area (Å²) in [5, 5.41) is 0.363. The molecule has 264 valence electrons. The first kappa shape index (κ1) is 45.5. The van der Waals surface area contributed by atoms with Gasteiger partial charge in [0.25, 0.3) is 10.3 Å². The normalized spacial score (nSPS) is 10.8. The van der Waals surface area contributed by atoms with Gasteiger partial charge in [-0.2, -0.15) is 0 Å². The van der Waals surface area contributed by atoms with E-state index < -0.39 is 0 Å². The van der Waals surface area contributed by atoms with Gasteiger partial charge in [0.2, 0.25) is 0 Å². The van der Waals surface area contributed by atoms with Crippen LogP contribution in [-0.4, -0.2) is 23.6 Å². The number of nitrogens with two attached hydrogens (primary N) is 2. The number of unbranched alkanes of at least 4 members (excludes halogenated alkanes) is 30. The molecule has 0 spiro atoms. The smallest absolute Gasteiger partial charge is 0.253 e. The Labute approximate surface area is 287 Å². The number of ether oxygens (including phenoxy) is 2. The van der Waals surface area contributed by atoms with Gasteiger partial charge in [0.05, 0.1) is 13.2 Å². The summed E-state index contributed by atoms with van der Waals surface area (Å²) in [6.07, 6.45) is 44.4. The quantitative estimate of drug-likeness (QED) is 0.0529. The van der Waals surface area contributed by atoms with Crippen LogP contribution in [0.1, 0.15) is 219 Å². The maximum absolute atomic E-state index is 5.27. The molecule has 4 N–H and O–H groups in total. The van der Waals surface area contributed by atoms with Crippen molar-refractivity contribution in [2.45, 2.75) is 219 Å². The van der Waals surface area contributed by atoms with Gasteiger partial charge in [-0.25, -0.2) is 0 Å². The molecule has 0 radical (unpaired) electrons. The molecule has 0 aromatic heterocycles. The lowest BCUT2D eigenvalue weighted by atomic mass is 10.0. The second-order valence-corrected chi connectivity index (χ2v) is 13.7. The molecule has 0 aliphatic rings. The van der Waals surface area contributed by atoms with Gasteiger partial charge < -0.3 is 20.9 Å². The third kappa shape index (κ3) is 48.3. The van der Waals surface area contributed by atoms with Crippen LogP contribution in [0, 0.1) is 0 Å². The molecule has 0 fully saturated rings. The van der Waals surface area contributed by atoms with Gasteiger partial charge in [0.15, 0.2) is 0 Å². The molecular formula is C38H78N2O2S2. The molecule has 0 unspecified atom stereocenters. The van der Waals surface area contributed by atoms with Crippen molar-refractivity contribution >= 4 is 34.8 Å². The van der Waals surface area contributed by atoms with Gasteiger partial charge >= 0.3 is 0 Å². The summed E-state index contributed by atoms with van der Waals surface area (Å²) in [5.41, 5.74) is 10.5. The van der Waals surface area contributed by atoms with Gasteiger partial charge in [-0.3, -0.25) is 0 Å². The summed E-state index contributed by atoms with van der Waals surface area (Å²) in [4.78, 5) is 0. The summed E-state index contributed by atoms with van der Waals surface area (Å²) >= 11 is 9.32. The second kappa shape index (κ2) is 42.4. The van der Waals surface area contributed by atoms with Crippen molar-refractivity contribution in [1.29, 1.82) is 0 Å². The Bertz CT molecular complexity index is 515. The molecule has 0 rings (SSSR count). The lowest BCUT2D eigenvalue weighted by molar-refractivity contribution is 0.295. The van der Waals surface area contributed by atoms with Crippen LogP contribution < -0.4 is 11.5 Å². The van der Waals surface area contributed by atoms with Crippen molar-refractivity contribution in [2.24, 2.45) is 11.5 Å². The zero-order valence-electron chi connectivity index (χ0n) is 29.8. The van der Waals surface area contributed by atoms with E-state index in [2.05, 4.69) is 38.3 Å². The zero-order chi connectivity index (χ0) is 32.6. The van der Waals surface area contributed by atoms with E-state index in [9.17, 15) is 0 Å². The van der Waals surface area contributed by atoms with Crippen LogP contribution in [-0.2, 0) is 9.47 Å². The van der Waals surface area contributed by atoms with E-state index in [4.69, 9.17) is 20.9 Å². The van der Waals surface area contributed by atoms with Crippen LogP contribution >= 0.6 is 24.4 Å². The van der Waals surface area contributed by atoms with Gasteiger partial charge in [-0.1, -0.05) is 206 Å². The molecule has 0 aromatic rings. The van der Waals surface area contributed by atoms with E-state index in [0.29, 0.717) is 13.2 Å². The highest BCUT2D eigenvalue weighted by molar-refractivity contribution is 7.80. The predicted octanol–water partition coefficient (Wildman–Crippen LogP) is 13.0. The highest BCUT2D eigenvalue weighted by Crippen LogP contribution is 2.15. The summed E-state index contributed by atoms with van der Waals surface area (Å²) < 4.78 is 10.1. The molecule has 4 nitrogen and oxygen atoms in total. The molecule has 0 saturated heterocycles. The summed E-state index contributed by atoms with van der Waals surface area (Å²) in [6.45, 7) is 5.94. The molecule has 0 aromatic carbocycles. The van der Waals surface area contributed by atoms with Crippen LogP contribution in [0.25, 0.3) is 0 Å². The van der Waals surface area contributed by atoms with Crippen molar-refractivity contribution < 1.29 is 9.47 Å². The fraction of sp³-hybridized carbons (Fsp3) is 0.947. The van der Waals surface area contributed by atoms with Crippen molar-refractivity contribution in [1.82, 2.24) is 0 Å². The predicted molar refractivity (Wildman–Crippen MR) is 205 cm³/mol. The summed E-state index contributed by atoms with van der Waals surface area (Å²) in [7, 11) is 0. The number of thiocarbonyl (C=S) groups is 2. The van der Waals surface area contributed by atoms with Crippen LogP contribution in [0.4, 0.5) is 0 Å². The van der Waals surface area contributed by atoms with Gasteiger partial charge in [0, 0.05) is 0 Å². The minimum atomic E-state index is 0.181. The molecule has 0 heterocycles. The third-order valence-corrected chi connectivity index (χ3v) is 8.72. The van der Waals surface area contributed by atoms with E-state index in [-0.39, 0.29) is 10.3 Å². The summed E-state index contributed by atoms with van der Waals surface area (Å²) in [6, 6.07) is 0. The van der Waals surface area contributed by atoms with Crippen LogP contribution in [0.3, 0.4) is 0 Å². The standard InChI is InChI=1S/2C19H39NOS/c2*1-2-3-4-5-6-7-8-9-10-11-12-13-14-15-16-17-18-21-19(20)22/h2*2-18H2,1H3,(H2,20,22). The monoisotopic (exact) mass is 659 g/mol. The fourth-order valence-corrected chi connectivity index (χ4v) is 5.81. The second-order valence-electron chi connectivity index (χ2n) is 12.9. The van der Waals surface area contributed by atoms with E-state index in [1.165, 1.54) is 193 Å². The molecule has 0 aliphatic heterocycles. The van der Waals surface area contributed by atoms with E-state index in [1.807, 2.05) is 0 Å². The number of rotatable bonds is 34. The number of hydrogen-bond donors (Lipinski definition) is 2. The maximum atomic E-state index is 5.27. The Hall–Kier alpha value is -0.620. The van der Waals surface area contributed by atoms with Crippen LogP contribution in [0.5, 0.6) is 0 Å². The summed E-state index contributed by atoms with van der Waals surface area (Å²) in [5.74, 6) is 0. The van der Waals surface area contributed by atoms with Crippen molar-refractivity contribution in [3.63, 3.8) is 0 Å². The lowest BCUT2D eigenvalue weighted by Crippen LogP contribution is -2.13. The van der Waals surface area contributed by atoms with Gasteiger partial charge in [-0.15, -0.1) is 0 Å². The minimum Gasteiger partial charge on any atom is -0.471 e. The highest BCUT2D eigenvalue weighted by atomic mass is 32.1. The van der Waals surface area contributed by atoms with Gasteiger partial charge in [-0.05, 0) is 37.3 Å². The molecule has 0 aliphatic carbocycles. The largest absolute Gasteiger partial charge is 0.471 e. The molecule has 0 atom stereocenters. The van der Waals surface area contributed by atoms with Crippen LogP contribution in [0.2, 0.25) is 0 Å². The van der Waals surface area contributed by atoms with Crippen molar-refractivity contribution in [2.75, 3.05) is 13.2 Å². The first-order chi connectivity index (χ1) is 21.5. The molecule has 44 heavy (non-hydrogen) atoms. The fourth-order valence-electron chi connectivity index (χ4n) is 5.65. The Morgan fingerprint density at radius 3 is 0.636 bits per heavy atom. The van der Waals surface area contributed by atoms with Crippen LogP contribution in [0.15, 0.2) is 0 Å². The zero-order valence-corrected chi connectivity index (χ0v) is 31.5. The Morgan fingerprint density at radius 1 is 0.318 bits per heavy atom. The maximum Gasteiger partial charge on any atom is 0.253 e. The molecule has 0 bridgehead atoms. The lowest BCUT2D eigenvalue weighted by Gasteiger charge is -2.04.